The van der Waals surface area contributed by atoms with Crippen LogP contribution in [0.2, 0.25) is 0 Å². The Balaban J connectivity index is 0.00000259. The van der Waals surface area contributed by atoms with Crippen molar-refractivity contribution in [1.29, 1.82) is 0 Å². The van der Waals surface area contributed by atoms with Crippen molar-refractivity contribution in [3.8, 4) is 11.3 Å². The Bertz CT molecular complexity index is 1260. The first kappa shape index (κ1) is 23.1. The highest BCUT2D eigenvalue weighted by atomic mass is 35.5. The first-order chi connectivity index (χ1) is 15.7. The first-order valence-electron chi connectivity index (χ1n) is 11.1. The van der Waals surface area contributed by atoms with Gasteiger partial charge in [-0.25, -0.2) is 0 Å². The van der Waals surface area contributed by atoms with E-state index in [0.717, 1.165) is 66.3 Å². The monoisotopic (exact) mass is 461 g/mol. The quantitative estimate of drug-likeness (QED) is 0.412. The Morgan fingerprint density at radius 3 is 2.58 bits per heavy atom. The van der Waals surface area contributed by atoms with Crippen molar-refractivity contribution in [3.63, 3.8) is 0 Å². The molecule has 0 aliphatic carbocycles. The Morgan fingerprint density at radius 2 is 1.76 bits per heavy atom. The van der Waals surface area contributed by atoms with Crippen LogP contribution in [0.25, 0.3) is 22.3 Å². The second kappa shape index (κ2) is 10.2. The van der Waals surface area contributed by atoms with Gasteiger partial charge >= 0.3 is 0 Å². The number of fused-ring (bicyclic) bond motifs is 1. The van der Waals surface area contributed by atoms with Crippen molar-refractivity contribution in [2.24, 2.45) is 0 Å². The van der Waals surface area contributed by atoms with Gasteiger partial charge in [0, 0.05) is 49.2 Å². The van der Waals surface area contributed by atoms with Gasteiger partial charge in [0.05, 0.1) is 5.69 Å². The maximum atomic E-state index is 12.9. The van der Waals surface area contributed by atoms with Gasteiger partial charge in [-0.3, -0.25) is 9.69 Å². The van der Waals surface area contributed by atoms with E-state index < -0.39 is 0 Å². The molecule has 0 spiro atoms. The molecular formula is C27H28ClN3O2. The molecule has 0 radical (unpaired) electrons. The van der Waals surface area contributed by atoms with Gasteiger partial charge in [-0.15, -0.1) is 12.4 Å². The number of nitrogens with one attached hydrogen (secondary N) is 2. The summed E-state index contributed by atoms with van der Waals surface area (Å²) in [5.41, 5.74) is 5.36. The normalized spacial score (nSPS) is 14.1. The number of hydrogen-bond acceptors (Lipinski definition) is 4. The standard InChI is InChI=1S/C27H27N3O2.ClH/c1-19-6-2-3-7-22(19)27(31)29-24-9-5-4-8-23(24)26-17-21-16-20(10-11-25(21)32-26)18-30-14-12-28-13-15-30;/h2-11,16-17,28H,12-15,18H2,1H3,(H,29,31);1H. The van der Waals surface area contributed by atoms with Crippen LogP contribution < -0.4 is 10.6 Å². The van der Waals surface area contributed by atoms with E-state index in [-0.39, 0.29) is 18.3 Å². The van der Waals surface area contributed by atoms with Crippen LogP contribution >= 0.6 is 12.4 Å². The van der Waals surface area contributed by atoms with Crippen molar-refractivity contribution in [2.75, 3.05) is 31.5 Å². The van der Waals surface area contributed by atoms with Gasteiger partial charge < -0.3 is 15.1 Å². The van der Waals surface area contributed by atoms with Gasteiger partial charge in [0.15, 0.2) is 0 Å². The molecule has 170 valence electrons. The largest absolute Gasteiger partial charge is 0.456 e. The molecule has 2 heterocycles. The lowest BCUT2D eigenvalue weighted by atomic mass is 10.1. The number of nitrogens with zero attached hydrogens (tertiary/aromatic N) is 1. The fourth-order valence-electron chi connectivity index (χ4n) is 4.28. The molecule has 0 bridgehead atoms. The van der Waals surface area contributed by atoms with Gasteiger partial charge in [0.25, 0.3) is 5.91 Å². The zero-order chi connectivity index (χ0) is 21.9. The van der Waals surface area contributed by atoms with Crippen molar-refractivity contribution >= 4 is 35.0 Å². The van der Waals surface area contributed by atoms with E-state index in [1.165, 1.54) is 5.56 Å². The maximum absolute atomic E-state index is 12.9. The fraction of sp³-hybridized carbons (Fsp3) is 0.222. The molecule has 1 aliphatic rings. The third kappa shape index (κ3) is 5.11. The molecular weight excluding hydrogens is 434 g/mol. The van der Waals surface area contributed by atoms with Gasteiger partial charge in [0.1, 0.15) is 11.3 Å². The number of carbonyl (C=O) groups excluding carboxylic acids is 1. The molecule has 2 N–H and O–H groups in total. The predicted octanol–water partition coefficient (Wildman–Crippen LogP) is 5.49. The number of carbonyl (C=O) groups is 1. The van der Waals surface area contributed by atoms with E-state index in [2.05, 4.69) is 33.7 Å². The number of piperazine rings is 1. The summed E-state index contributed by atoms with van der Waals surface area (Å²) in [7, 11) is 0. The summed E-state index contributed by atoms with van der Waals surface area (Å²) < 4.78 is 6.18. The molecule has 0 unspecified atom stereocenters. The minimum absolute atomic E-state index is 0. The number of rotatable bonds is 5. The van der Waals surface area contributed by atoms with E-state index in [1.807, 2.05) is 61.5 Å². The minimum atomic E-state index is -0.120. The highest BCUT2D eigenvalue weighted by Crippen LogP contribution is 2.33. The van der Waals surface area contributed by atoms with Crippen molar-refractivity contribution in [3.05, 3.63) is 89.5 Å². The summed E-state index contributed by atoms with van der Waals surface area (Å²) in [4.78, 5) is 15.3. The minimum Gasteiger partial charge on any atom is -0.456 e. The number of aryl methyl sites for hydroxylation is 1. The Hall–Kier alpha value is -3.12. The molecule has 1 saturated heterocycles. The summed E-state index contributed by atoms with van der Waals surface area (Å²) in [6, 6.07) is 23.8. The topological polar surface area (TPSA) is 57.5 Å². The van der Waals surface area contributed by atoms with E-state index in [0.29, 0.717) is 5.56 Å². The highest BCUT2D eigenvalue weighted by molar-refractivity contribution is 6.07. The molecule has 6 heteroatoms. The lowest BCUT2D eigenvalue weighted by molar-refractivity contribution is 0.102. The van der Waals surface area contributed by atoms with Gasteiger partial charge in [0.2, 0.25) is 0 Å². The number of benzene rings is 3. The molecule has 5 nitrogen and oxygen atoms in total. The average molecular weight is 462 g/mol. The average Bonchev–Trinajstić information content (AvgIpc) is 3.23. The molecule has 5 rings (SSSR count). The van der Waals surface area contributed by atoms with E-state index >= 15 is 0 Å². The zero-order valence-electron chi connectivity index (χ0n) is 18.6. The Kier molecular flexibility index (Phi) is 7.14. The number of hydrogen-bond donors (Lipinski definition) is 2. The molecule has 0 atom stereocenters. The van der Waals surface area contributed by atoms with Crippen LogP contribution in [-0.4, -0.2) is 37.0 Å². The first-order valence-corrected chi connectivity index (χ1v) is 11.1. The third-order valence-corrected chi connectivity index (χ3v) is 6.03. The van der Waals surface area contributed by atoms with Crippen LogP contribution in [-0.2, 0) is 6.54 Å². The molecule has 0 saturated carbocycles. The maximum Gasteiger partial charge on any atom is 0.255 e. The second-order valence-corrected chi connectivity index (χ2v) is 8.32. The predicted molar refractivity (Wildman–Crippen MR) is 136 cm³/mol. The summed E-state index contributed by atoms with van der Waals surface area (Å²) in [6.45, 7) is 7.12. The van der Waals surface area contributed by atoms with Gasteiger partial charge in [-0.1, -0.05) is 36.4 Å². The van der Waals surface area contributed by atoms with Crippen LogP contribution in [0.15, 0.2) is 77.2 Å². The molecule has 4 aromatic rings. The van der Waals surface area contributed by atoms with E-state index in [4.69, 9.17) is 4.42 Å². The van der Waals surface area contributed by atoms with Crippen molar-refractivity contribution < 1.29 is 9.21 Å². The van der Waals surface area contributed by atoms with Gasteiger partial charge in [-0.05, 0) is 54.4 Å². The summed E-state index contributed by atoms with van der Waals surface area (Å²) in [6.07, 6.45) is 0. The highest BCUT2D eigenvalue weighted by Gasteiger charge is 2.15. The van der Waals surface area contributed by atoms with Crippen molar-refractivity contribution in [1.82, 2.24) is 10.2 Å². The fourth-order valence-corrected chi connectivity index (χ4v) is 4.28. The number of amides is 1. The smallest absolute Gasteiger partial charge is 0.255 e. The van der Waals surface area contributed by atoms with Crippen LogP contribution in [0.1, 0.15) is 21.5 Å². The molecule has 1 fully saturated rings. The molecule has 1 aromatic heterocycles. The molecule has 1 amide bonds. The zero-order valence-corrected chi connectivity index (χ0v) is 19.5. The van der Waals surface area contributed by atoms with E-state index in [9.17, 15) is 4.79 Å². The number of furan rings is 1. The van der Waals surface area contributed by atoms with Crippen LogP contribution in [0.5, 0.6) is 0 Å². The Morgan fingerprint density at radius 1 is 1.00 bits per heavy atom. The number of para-hydroxylation sites is 1. The van der Waals surface area contributed by atoms with Crippen LogP contribution in [0.3, 0.4) is 0 Å². The van der Waals surface area contributed by atoms with Crippen LogP contribution in [0, 0.1) is 6.92 Å². The molecule has 3 aromatic carbocycles. The third-order valence-electron chi connectivity index (χ3n) is 6.03. The van der Waals surface area contributed by atoms with Crippen molar-refractivity contribution in [2.45, 2.75) is 13.5 Å². The lowest BCUT2D eigenvalue weighted by Gasteiger charge is -2.27. The summed E-state index contributed by atoms with van der Waals surface area (Å²) in [5.74, 6) is 0.630. The summed E-state index contributed by atoms with van der Waals surface area (Å²) >= 11 is 0. The van der Waals surface area contributed by atoms with E-state index in [1.54, 1.807) is 0 Å². The number of anilines is 1. The van der Waals surface area contributed by atoms with Crippen LogP contribution in [0.4, 0.5) is 5.69 Å². The number of halogens is 1. The Labute approximate surface area is 200 Å². The molecule has 33 heavy (non-hydrogen) atoms. The SMILES string of the molecule is Cc1ccccc1C(=O)Nc1ccccc1-c1cc2cc(CN3CCNCC3)ccc2o1.Cl. The second-order valence-electron chi connectivity index (χ2n) is 8.32. The summed E-state index contributed by atoms with van der Waals surface area (Å²) in [5, 5.41) is 7.54. The van der Waals surface area contributed by atoms with Gasteiger partial charge in [-0.2, -0.15) is 0 Å². The lowest BCUT2D eigenvalue weighted by Crippen LogP contribution is -2.42. The molecule has 1 aliphatic heterocycles.